The second-order valence-corrected chi connectivity index (χ2v) is 10.9. The third kappa shape index (κ3) is 7.64. The minimum atomic E-state index is -1.06. The summed E-state index contributed by atoms with van der Waals surface area (Å²) in [5.41, 5.74) is 3.54. The molecule has 0 radical (unpaired) electrons. The first kappa shape index (κ1) is 33.3. The summed E-state index contributed by atoms with van der Waals surface area (Å²) in [6, 6.07) is 16.6. The second kappa shape index (κ2) is 15.0. The van der Waals surface area contributed by atoms with E-state index in [0.717, 1.165) is 10.5 Å². The zero-order valence-electron chi connectivity index (χ0n) is 25.5. The van der Waals surface area contributed by atoms with Crippen LogP contribution < -0.4 is 31.5 Å². The van der Waals surface area contributed by atoms with E-state index in [0.29, 0.717) is 24.4 Å². The molecule has 0 saturated carbocycles. The average molecular weight is 657 g/mol. The molecule has 1 unspecified atom stereocenters. The highest BCUT2D eigenvalue weighted by Crippen LogP contribution is 2.32. The van der Waals surface area contributed by atoms with Gasteiger partial charge in [-0.3, -0.25) is 49.0 Å². The topological polar surface area (TPSA) is 212 Å². The van der Waals surface area contributed by atoms with Crippen molar-refractivity contribution in [2.75, 3.05) is 31.6 Å². The van der Waals surface area contributed by atoms with Crippen LogP contribution in [0.15, 0.2) is 66.7 Å². The lowest BCUT2D eigenvalue weighted by atomic mass is 10.0. The lowest BCUT2D eigenvalue weighted by Gasteiger charge is -2.27. The minimum absolute atomic E-state index is 0.0274. The van der Waals surface area contributed by atoms with Crippen molar-refractivity contribution >= 4 is 47.0 Å². The average Bonchev–Trinajstić information content (AvgIpc) is 3.35. The first-order chi connectivity index (χ1) is 23.2. The van der Waals surface area contributed by atoms with Gasteiger partial charge in [0.15, 0.2) is 6.61 Å². The molecule has 1 atom stereocenters. The Morgan fingerprint density at radius 3 is 2.31 bits per heavy atom. The summed E-state index contributed by atoms with van der Waals surface area (Å²) in [7, 11) is 0. The van der Waals surface area contributed by atoms with Crippen LogP contribution >= 0.6 is 0 Å². The quantitative estimate of drug-likeness (QED) is 0.0659. The van der Waals surface area contributed by atoms with Crippen LogP contribution in [0.3, 0.4) is 0 Å². The third-order valence-electron chi connectivity index (χ3n) is 7.71. The maximum absolute atomic E-state index is 13.2. The van der Waals surface area contributed by atoms with Crippen molar-refractivity contribution in [3.05, 3.63) is 94.5 Å². The lowest BCUT2D eigenvalue weighted by molar-refractivity contribution is -0.136. The van der Waals surface area contributed by atoms with Gasteiger partial charge in [-0.25, -0.2) is 5.48 Å². The van der Waals surface area contributed by atoms with E-state index in [1.807, 2.05) is 0 Å². The number of anilines is 1. The first-order valence-electron chi connectivity index (χ1n) is 15.1. The Morgan fingerprint density at radius 2 is 1.58 bits per heavy atom. The number of nitrogens with zero attached hydrogens (tertiary/aromatic N) is 1. The normalized spacial score (nSPS) is 15.4. The highest BCUT2D eigenvalue weighted by atomic mass is 16.5. The molecule has 1 saturated heterocycles. The van der Waals surface area contributed by atoms with Crippen LogP contribution in [0.4, 0.5) is 5.69 Å². The van der Waals surface area contributed by atoms with Crippen LogP contribution in [0.5, 0.6) is 5.75 Å². The highest BCUT2D eigenvalue weighted by Gasteiger charge is 2.45. The Hall–Kier alpha value is -6.09. The fraction of sp³-hybridized carbons (Fsp3) is 0.242. The van der Waals surface area contributed by atoms with E-state index in [1.54, 1.807) is 48.5 Å². The van der Waals surface area contributed by atoms with Crippen molar-refractivity contribution < 1.29 is 43.5 Å². The van der Waals surface area contributed by atoms with Gasteiger partial charge in [0.1, 0.15) is 11.8 Å². The highest BCUT2D eigenvalue weighted by molar-refractivity contribution is 6.25. The molecule has 0 bridgehead atoms. The number of nitrogens with one attached hydrogen (secondary N) is 5. The van der Waals surface area contributed by atoms with Crippen molar-refractivity contribution in [3.8, 4) is 5.75 Å². The lowest BCUT2D eigenvalue weighted by Crippen LogP contribution is -2.54. The fourth-order valence-electron chi connectivity index (χ4n) is 5.30. The zero-order chi connectivity index (χ0) is 34.2. The molecule has 0 aromatic heterocycles. The summed E-state index contributed by atoms with van der Waals surface area (Å²) in [4.78, 5) is 87.2. The van der Waals surface area contributed by atoms with Crippen LogP contribution in [0, 0.1) is 0 Å². The Bertz CT molecular complexity index is 1780. The first-order valence-corrected chi connectivity index (χ1v) is 15.1. The third-order valence-corrected chi connectivity index (χ3v) is 7.71. The van der Waals surface area contributed by atoms with Crippen molar-refractivity contribution in [2.45, 2.75) is 25.3 Å². The van der Waals surface area contributed by atoms with Gasteiger partial charge in [0, 0.05) is 42.9 Å². The number of piperidine rings is 1. The largest absolute Gasteiger partial charge is 0.484 e. The van der Waals surface area contributed by atoms with Crippen molar-refractivity contribution in [1.29, 1.82) is 0 Å². The minimum Gasteiger partial charge on any atom is -0.484 e. The molecule has 0 spiro atoms. The standard InChI is InChI=1S/C33H32N6O9/c40-26-12-11-25(31(44)37-26)39-32(45)23-5-2-6-24(28(23)33(39)46)34-15-16-35-27(41)18-48-22-9-7-19(8-10-22)13-14-36-29(42)20-3-1-4-21(17-20)30(43)38-47/h1-10,17,25,34,47H,11-16,18H2,(H,35,41)(H,36,42)(H,38,43)(H,37,40,44). The monoisotopic (exact) mass is 656 g/mol. The Morgan fingerprint density at radius 1 is 0.854 bits per heavy atom. The van der Waals surface area contributed by atoms with Crippen LogP contribution in [0.2, 0.25) is 0 Å². The van der Waals surface area contributed by atoms with Crippen LogP contribution in [0.25, 0.3) is 0 Å². The maximum atomic E-state index is 13.2. The van der Waals surface area contributed by atoms with Crippen molar-refractivity contribution in [3.63, 3.8) is 0 Å². The number of benzene rings is 3. The molecule has 2 aliphatic rings. The van der Waals surface area contributed by atoms with E-state index >= 15 is 0 Å². The van der Waals surface area contributed by atoms with Crippen molar-refractivity contribution in [1.82, 2.24) is 26.3 Å². The molecule has 1 fully saturated rings. The predicted molar refractivity (Wildman–Crippen MR) is 168 cm³/mol. The summed E-state index contributed by atoms with van der Waals surface area (Å²) >= 11 is 0. The van der Waals surface area contributed by atoms with Gasteiger partial charge in [-0.2, -0.15) is 0 Å². The van der Waals surface area contributed by atoms with Gasteiger partial charge in [0.05, 0.1) is 11.1 Å². The molecular weight excluding hydrogens is 624 g/mol. The number of hydroxylamine groups is 1. The van der Waals surface area contributed by atoms with Gasteiger partial charge in [-0.15, -0.1) is 0 Å². The number of ether oxygens (including phenoxy) is 1. The van der Waals surface area contributed by atoms with E-state index < -0.39 is 35.6 Å². The second-order valence-electron chi connectivity index (χ2n) is 10.9. The maximum Gasteiger partial charge on any atom is 0.274 e. The van der Waals surface area contributed by atoms with E-state index in [4.69, 9.17) is 9.94 Å². The van der Waals surface area contributed by atoms with Crippen LogP contribution in [-0.4, -0.2) is 83.7 Å². The molecule has 3 aromatic rings. The van der Waals surface area contributed by atoms with Gasteiger partial charge in [-0.1, -0.05) is 24.3 Å². The Kier molecular flexibility index (Phi) is 10.4. The molecule has 7 amide bonds. The van der Waals surface area contributed by atoms with Gasteiger partial charge in [-0.05, 0) is 60.9 Å². The van der Waals surface area contributed by atoms with Crippen LogP contribution in [-0.2, 0) is 20.8 Å². The van der Waals surface area contributed by atoms with Gasteiger partial charge < -0.3 is 20.7 Å². The van der Waals surface area contributed by atoms with Crippen molar-refractivity contribution in [2.24, 2.45) is 0 Å². The SMILES string of the molecule is O=C(COc1ccc(CCNC(=O)c2cccc(C(=O)NO)c2)cc1)NCCNc1cccc2c1C(=O)N(C1CCC(=O)NC1=O)C2=O. The fourth-order valence-corrected chi connectivity index (χ4v) is 5.30. The number of amides is 7. The predicted octanol–water partition coefficient (Wildman–Crippen LogP) is 0.786. The molecule has 2 heterocycles. The van der Waals surface area contributed by atoms with E-state index in [1.165, 1.54) is 23.7 Å². The summed E-state index contributed by atoms with van der Waals surface area (Å²) < 4.78 is 5.56. The van der Waals surface area contributed by atoms with E-state index in [9.17, 15) is 33.6 Å². The summed E-state index contributed by atoms with van der Waals surface area (Å²) in [5, 5.41) is 19.5. The Labute approximate surface area is 274 Å². The molecule has 15 heteroatoms. The Balaban J connectivity index is 1.02. The van der Waals surface area contributed by atoms with Crippen LogP contribution in [0.1, 0.15) is 59.8 Å². The number of imide groups is 2. The van der Waals surface area contributed by atoms with Gasteiger partial charge in [0.25, 0.3) is 29.5 Å². The molecule has 2 aliphatic heterocycles. The summed E-state index contributed by atoms with van der Waals surface area (Å²) in [5.74, 6) is -3.35. The van der Waals surface area contributed by atoms with Gasteiger partial charge >= 0.3 is 0 Å². The number of carbonyl (C=O) groups is 7. The van der Waals surface area contributed by atoms with E-state index in [-0.39, 0.29) is 66.6 Å². The number of hydrogen-bond acceptors (Lipinski definition) is 10. The summed E-state index contributed by atoms with van der Waals surface area (Å²) in [6.07, 6.45) is 0.611. The molecule has 6 N–H and O–H groups in total. The molecule has 5 rings (SSSR count). The molecule has 48 heavy (non-hydrogen) atoms. The molecular formula is C33H32N6O9. The number of fused-ring (bicyclic) bond motifs is 1. The van der Waals surface area contributed by atoms with E-state index in [2.05, 4.69) is 21.3 Å². The molecule has 15 nitrogen and oxygen atoms in total. The zero-order valence-corrected chi connectivity index (χ0v) is 25.5. The molecule has 3 aromatic carbocycles. The number of rotatable bonds is 13. The smallest absolute Gasteiger partial charge is 0.274 e. The van der Waals surface area contributed by atoms with Gasteiger partial charge in [0.2, 0.25) is 11.8 Å². The number of hydrogen-bond donors (Lipinski definition) is 6. The molecule has 0 aliphatic carbocycles. The summed E-state index contributed by atoms with van der Waals surface area (Å²) in [6.45, 7) is 0.517. The molecule has 248 valence electrons. The number of carbonyl (C=O) groups excluding carboxylic acids is 7.